The van der Waals surface area contributed by atoms with Crippen molar-refractivity contribution in [2.45, 2.75) is 38.3 Å². The molecule has 8 heteroatoms. The first-order valence-corrected chi connectivity index (χ1v) is 10.4. The average molecular weight is 390 g/mol. The van der Waals surface area contributed by atoms with E-state index in [0.717, 1.165) is 19.3 Å². The molecular weight excluding hydrogens is 367 g/mol. The van der Waals surface area contributed by atoms with Gasteiger partial charge in [0, 0.05) is 5.69 Å². The average Bonchev–Trinajstić information content (AvgIpc) is 2.60. The van der Waals surface area contributed by atoms with Gasteiger partial charge < -0.3 is 19.5 Å². The highest BCUT2D eigenvalue weighted by atomic mass is 31.2. The number of ether oxygens (including phenoxy) is 1. The molecule has 0 heterocycles. The minimum atomic E-state index is -3.91. The van der Waals surface area contributed by atoms with Crippen molar-refractivity contribution >= 4 is 19.4 Å². The lowest BCUT2D eigenvalue weighted by Crippen LogP contribution is -2.39. The zero-order valence-electron chi connectivity index (χ0n) is 15.0. The van der Waals surface area contributed by atoms with Crippen molar-refractivity contribution in [3.05, 3.63) is 54.6 Å². The number of para-hydroxylation sites is 1. The molecule has 3 rings (SSSR count). The normalized spacial score (nSPS) is 17.2. The highest BCUT2D eigenvalue weighted by Crippen LogP contribution is 2.45. The Bertz CT molecular complexity index is 809. The first-order valence-electron chi connectivity index (χ1n) is 8.82. The molecule has 2 atom stereocenters. The Labute approximate surface area is 158 Å². The standard InChI is InChI=1S/C19H23N2O5P/c1-14(19(22)24-16-8-5-9-16)21-27(23,25-17-6-3-2-4-7-17)26-18-12-10-15(20)11-13-18/h2-4,6-7,10-14,16H,5,8-9,20H2,1H3,(H,21,23)/t14-,27?/m0/s1. The molecule has 0 aromatic heterocycles. The van der Waals surface area contributed by atoms with Crippen molar-refractivity contribution in [1.82, 2.24) is 5.09 Å². The maximum atomic E-state index is 13.3. The van der Waals surface area contributed by atoms with E-state index in [0.29, 0.717) is 17.2 Å². The van der Waals surface area contributed by atoms with Crippen molar-refractivity contribution < 1.29 is 23.1 Å². The minimum absolute atomic E-state index is 0.0609. The van der Waals surface area contributed by atoms with Gasteiger partial charge in [-0.25, -0.2) is 4.57 Å². The number of rotatable bonds is 8. The number of carbonyl (C=O) groups is 1. The molecule has 3 N–H and O–H groups in total. The summed E-state index contributed by atoms with van der Waals surface area (Å²) in [6, 6.07) is 14.1. The molecule has 7 nitrogen and oxygen atoms in total. The second-order valence-electron chi connectivity index (χ2n) is 6.40. The predicted molar refractivity (Wildman–Crippen MR) is 102 cm³/mol. The number of nitrogens with two attached hydrogens (primary N) is 1. The summed E-state index contributed by atoms with van der Waals surface area (Å²) in [5.74, 6) is 0.163. The highest BCUT2D eigenvalue weighted by Gasteiger charge is 2.35. The van der Waals surface area contributed by atoms with Crippen LogP contribution in [0.15, 0.2) is 54.6 Å². The molecule has 0 spiro atoms. The fourth-order valence-electron chi connectivity index (χ4n) is 2.40. The van der Waals surface area contributed by atoms with Gasteiger partial charge in [-0.2, -0.15) is 5.09 Å². The molecule has 0 radical (unpaired) electrons. The van der Waals surface area contributed by atoms with Gasteiger partial charge in [-0.3, -0.25) is 4.79 Å². The second-order valence-corrected chi connectivity index (χ2v) is 8.02. The van der Waals surface area contributed by atoms with Gasteiger partial charge in [-0.05, 0) is 62.6 Å². The SMILES string of the molecule is C[C@H](NP(=O)(Oc1ccccc1)Oc1ccc(N)cc1)C(=O)OC1CCC1. The summed E-state index contributed by atoms with van der Waals surface area (Å²) in [7, 11) is -3.91. The molecule has 1 saturated carbocycles. The molecule has 2 aromatic carbocycles. The summed E-state index contributed by atoms with van der Waals surface area (Å²) >= 11 is 0. The van der Waals surface area contributed by atoms with Crippen LogP contribution in [0.25, 0.3) is 0 Å². The van der Waals surface area contributed by atoms with Crippen LogP contribution in [-0.4, -0.2) is 18.1 Å². The molecule has 0 bridgehead atoms. The van der Waals surface area contributed by atoms with Gasteiger partial charge in [0.25, 0.3) is 0 Å². The van der Waals surface area contributed by atoms with Gasteiger partial charge in [0.05, 0.1) is 0 Å². The number of hydrogen-bond acceptors (Lipinski definition) is 6. The molecule has 1 aliphatic carbocycles. The molecule has 1 aliphatic rings. The lowest BCUT2D eigenvalue weighted by atomic mass is 9.96. The maximum Gasteiger partial charge on any atom is 0.513 e. The summed E-state index contributed by atoms with van der Waals surface area (Å²) in [5, 5.41) is 2.66. The summed E-state index contributed by atoms with van der Waals surface area (Å²) in [4.78, 5) is 12.2. The summed E-state index contributed by atoms with van der Waals surface area (Å²) < 4.78 is 29.9. The number of esters is 1. The van der Waals surface area contributed by atoms with Gasteiger partial charge in [0.15, 0.2) is 0 Å². The van der Waals surface area contributed by atoms with Gasteiger partial charge in [0.2, 0.25) is 0 Å². The lowest BCUT2D eigenvalue weighted by Gasteiger charge is -2.28. The van der Waals surface area contributed by atoms with Gasteiger partial charge in [0.1, 0.15) is 23.6 Å². The van der Waals surface area contributed by atoms with E-state index in [4.69, 9.17) is 19.5 Å². The maximum absolute atomic E-state index is 13.3. The molecule has 1 unspecified atom stereocenters. The molecule has 0 aliphatic heterocycles. The first-order chi connectivity index (χ1) is 12.9. The first kappa shape index (κ1) is 19.3. The second kappa shape index (κ2) is 8.46. The van der Waals surface area contributed by atoms with Crippen molar-refractivity contribution in [2.75, 3.05) is 5.73 Å². The van der Waals surface area contributed by atoms with E-state index in [1.165, 1.54) is 0 Å². The Kier molecular flexibility index (Phi) is 6.04. The highest BCUT2D eigenvalue weighted by molar-refractivity contribution is 7.52. The van der Waals surface area contributed by atoms with E-state index >= 15 is 0 Å². The van der Waals surface area contributed by atoms with Crippen LogP contribution in [-0.2, 0) is 14.1 Å². The van der Waals surface area contributed by atoms with Crippen LogP contribution in [0, 0.1) is 0 Å². The Morgan fingerprint density at radius 1 is 1.07 bits per heavy atom. The third-order valence-corrected chi connectivity index (χ3v) is 5.72. The van der Waals surface area contributed by atoms with Crippen LogP contribution in [0.1, 0.15) is 26.2 Å². The minimum Gasteiger partial charge on any atom is -0.461 e. The van der Waals surface area contributed by atoms with Crippen LogP contribution in [0.5, 0.6) is 11.5 Å². The molecule has 0 amide bonds. The van der Waals surface area contributed by atoms with Crippen molar-refractivity contribution in [1.29, 1.82) is 0 Å². The smallest absolute Gasteiger partial charge is 0.461 e. The van der Waals surface area contributed by atoms with Gasteiger partial charge in [-0.1, -0.05) is 18.2 Å². The van der Waals surface area contributed by atoms with E-state index in [9.17, 15) is 9.36 Å². The summed E-state index contributed by atoms with van der Waals surface area (Å²) in [5.41, 5.74) is 6.21. The number of carbonyl (C=O) groups excluding carboxylic acids is 1. The van der Waals surface area contributed by atoms with Crippen molar-refractivity contribution in [3.8, 4) is 11.5 Å². The zero-order chi connectivity index (χ0) is 19.3. The Morgan fingerprint density at radius 3 is 2.22 bits per heavy atom. The number of nitrogen functional groups attached to an aromatic ring is 1. The van der Waals surface area contributed by atoms with Gasteiger partial charge in [-0.15, -0.1) is 0 Å². The number of benzene rings is 2. The van der Waals surface area contributed by atoms with E-state index in [1.807, 2.05) is 6.07 Å². The van der Waals surface area contributed by atoms with E-state index in [2.05, 4.69) is 5.09 Å². The molecule has 27 heavy (non-hydrogen) atoms. The van der Waals surface area contributed by atoms with Crippen LogP contribution >= 0.6 is 7.75 Å². The quantitative estimate of drug-likeness (QED) is 0.400. The molecule has 144 valence electrons. The van der Waals surface area contributed by atoms with Gasteiger partial charge >= 0.3 is 13.7 Å². The summed E-state index contributed by atoms with van der Waals surface area (Å²) in [6.07, 6.45) is 2.71. The van der Waals surface area contributed by atoms with Crippen LogP contribution in [0.4, 0.5) is 5.69 Å². The Hall–Kier alpha value is -2.50. The monoisotopic (exact) mass is 390 g/mol. The van der Waals surface area contributed by atoms with Crippen molar-refractivity contribution in [3.63, 3.8) is 0 Å². The third-order valence-electron chi connectivity index (χ3n) is 4.11. The Morgan fingerprint density at radius 2 is 1.67 bits per heavy atom. The lowest BCUT2D eigenvalue weighted by molar-refractivity contribution is -0.154. The van der Waals surface area contributed by atoms with Crippen LogP contribution in [0.2, 0.25) is 0 Å². The van der Waals surface area contributed by atoms with Crippen LogP contribution < -0.4 is 19.9 Å². The fraction of sp³-hybridized carbons (Fsp3) is 0.316. The fourth-order valence-corrected chi connectivity index (χ4v) is 3.92. The number of nitrogens with one attached hydrogen (secondary N) is 1. The molecule has 0 saturated heterocycles. The number of anilines is 1. The van der Waals surface area contributed by atoms with Crippen LogP contribution in [0.3, 0.4) is 0 Å². The summed E-state index contributed by atoms with van der Waals surface area (Å²) in [6.45, 7) is 1.56. The van der Waals surface area contributed by atoms with E-state index in [-0.39, 0.29) is 6.10 Å². The molecule has 1 fully saturated rings. The predicted octanol–water partition coefficient (Wildman–Crippen LogP) is 3.91. The topological polar surface area (TPSA) is 99.9 Å². The zero-order valence-corrected chi connectivity index (χ0v) is 15.9. The molecular formula is C19H23N2O5P. The van der Waals surface area contributed by atoms with E-state index in [1.54, 1.807) is 55.5 Å². The van der Waals surface area contributed by atoms with Crippen molar-refractivity contribution in [2.24, 2.45) is 0 Å². The van der Waals surface area contributed by atoms with E-state index < -0.39 is 19.8 Å². The molecule has 2 aromatic rings. The largest absolute Gasteiger partial charge is 0.513 e. The number of hydrogen-bond donors (Lipinski definition) is 2. The Balaban J connectivity index is 1.74. The third kappa shape index (κ3) is 5.49.